The highest BCUT2D eigenvalue weighted by Gasteiger charge is 2.49. The second-order valence-electron chi connectivity index (χ2n) is 6.28. The molecule has 1 atom stereocenters. The first-order valence-electron chi connectivity index (χ1n) is 6.06. The molecule has 2 fully saturated rings. The van der Waals surface area contributed by atoms with Crippen molar-refractivity contribution in [3.63, 3.8) is 0 Å². The van der Waals surface area contributed by atoms with Crippen LogP contribution in [0.2, 0.25) is 0 Å². The zero-order valence-corrected chi connectivity index (χ0v) is 10.7. The molecule has 0 aliphatic carbocycles. The van der Waals surface area contributed by atoms with Gasteiger partial charge in [0.05, 0.1) is 30.4 Å². The molecule has 16 heavy (non-hydrogen) atoms. The highest BCUT2D eigenvalue weighted by molar-refractivity contribution is 4.96. The van der Waals surface area contributed by atoms with Crippen LogP contribution in [0.3, 0.4) is 0 Å². The van der Waals surface area contributed by atoms with Gasteiger partial charge in [-0.3, -0.25) is 0 Å². The number of rotatable bonds is 3. The highest BCUT2D eigenvalue weighted by Crippen LogP contribution is 2.38. The van der Waals surface area contributed by atoms with Crippen molar-refractivity contribution in [2.75, 3.05) is 13.2 Å². The molecule has 4 nitrogen and oxygen atoms in total. The molecule has 2 rings (SSSR count). The number of hydrogen-bond acceptors (Lipinski definition) is 3. The van der Waals surface area contributed by atoms with E-state index in [1.807, 2.05) is 0 Å². The molecular weight excluding hydrogens is 206 g/mol. The zero-order valence-electron chi connectivity index (χ0n) is 10.7. The Morgan fingerprint density at radius 1 is 1.25 bits per heavy atom. The maximum Gasteiger partial charge on any atom is 0.104 e. The average Bonchev–Trinajstić information content (AvgIpc) is 2.93. The van der Waals surface area contributed by atoms with Crippen LogP contribution in [0.15, 0.2) is 0 Å². The van der Waals surface area contributed by atoms with Gasteiger partial charge < -0.3 is 14.7 Å². The van der Waals surface area contributed by atoms with Crippen LogP contribution in [-0.2, 0) is 9.47 Å². The molecular formula is C12H24NO3+. The fourth-order valence-corrected chi connectivity index (χ4v) is 2.71. The van der Waals surface area contributed by atoms with Gasteiger partial charge in [-0.2, -0.15) is 0 Å². The summed E-state index contributed by atoms with van der Waals surface area (Å²) in [5.41, 5.74) is -0.229. The van der Waals surface area contributed by atoms with Crippen molar-refractivity contribution < 1.29 is 14.7 Å². The molecule has 0 spiro atoms. The maximum atomic E-state index is 8.15. The van der Waals surface area contributed by atoms with Gasteiger partial charge in [-0.1, -0.05) is 5.06 Å². The Morgan fingerprint density at radius 2 is 1.75 bits per heavy atom. The van der Waals surface area contributed by atoms with Crippen molar-refractivity contribution in [2.24, 2.45) is 0 Å². The van der Waals surface area contributed by atoms with E-state index in [4.69, 9.17) is 14.7 Å². The number of ether oxygens (including phenoxy) is 2. The Hall–Kier alpha value is -0.160. The molecule has 0 bridgehead atoms. The van der Waals surface area contributed by atoms with Gasteiger partial charge in [0.2, 0.25) is 0 Å². The molecule has 1 unspecified atom stereocenters. The summed E-state index contributed by atoms with van der Waals surface area (Å²) in [5, 5.41) is 9.88. The largest absolute Gasteiger partial charge is 0.375 e. The summed E-state index contributed by atoms with van der Waals surface area (Å²) in [6, 6.07) is 0. The van der Waals surface area contributed by atoms with E-state index in [-0.39, 0.29) is 17.2 Å². The summed E-state index contributed by atoms with van der Waals surface area (Å²) >= 11 is 0. The molecule has 0 amide bonds. The van der Waals surface area contributed by atoms with Crippen molar-refractivity contribution in [1.82, 2.24) is 5.06 Å². The maximum absolute atomic E-state index is 8.15. The molecule has 2 N–H and O–H groups in total. The number of hydroxylamine groups is 2. The topological polar surface area (TPSA) is 47.9 Å². The van der Waals surface area contributed by atoms with E-state index in [2.05, 4.69) is 27.7 Å². The second kappa shape index (κ2) is 3.95. The fraction of sp³-hybridized carbons (Fsp3) is 1.00. The first-order chi connectivity index (χ1) is 7.31. The first-order valence-corrected chi connectivity index (χ1v) is 6.06. The Bertz CT molecular complexity index is 243. The van der Waals surface area contributed by atoms with Crippen LogP contribution in [0.4, 0.5) is 0 Å². The van der Waals surface area contributed by atoms with E-state index in [0.29, 0.717) is 6.10 Å². The van der Waals surface area contributed by atoms with E-state index >= 15 is 0 Å². The van der Waals surface area contributed by atoms with Gasteiger partial charge in [0.1, 0.15) is 6.10 Å². The minimum absolute atomic E-state index is 0.114. The van der Waals surface area contributed by atoms with Crippen molar-refractivity contribution in [2.45, 2.75) is 63.8 Å². The summed E-state index contributed by atoms with van der Waals surface area (Å²) in [6.45, 7) is 10.0. The second-order valence-corrected chi connectivity index (χ2v) is 6.28. The molecule has 2 aliphatic rings. The third kappa shape index (κ3) is 2.56. The van der Waals surface area contributed by atoms with Gasteiger partial charge in [-0.05, 0) is 40.5 Å². The lowest BCUT2D eigenvalue weighted by molar-refractivity contribution is -0.261. The Morgan fingerprint density at radius 3 is 2.19 bits per heavy atom. The van der Waals surface area contributed by atoms with E-state index in [0.717, 1.165) is 26.1 Å². The number of hydrogen-bond donors (Lipinski definition) is 0. The molecule has 94 valence electrons. The lowest BCUT2D eigenvalue weighted by Crippen LogP contribution is -2.60. The molecule has 2 saturated heterocycles. The normalized spacial score (nSPS) is 33.9. The van der Waals surface area contributed by atoms with Crippen LogP contribution in [0.25, 0.3) is 0 Å². The quantitative estimate of drug-likeness (QED) is 0.538. The first kappa shape index (κ1) is 12.3. The fourth-order valence-electron chi connectivity index (χ4n) is 2.71. The van der Waals surface area contributed by atoms with Crippen molar-refractivity contribution in [1.29, 1.82) is 0 Å². The van der Waals surface area contributed by atoms with Crippen LogP contribution in [0, 0.1) is 0 Å². The highest BCUT2D eigenvalue weighted by atomic mass is 16.6. The third-order valence-electron chi connectivity index (χ3n) is 3.59. The van der Waals surface area contributed by atoms with Crippen LogP contribution >= 0.6 is 0 Å². The monoisotopic (exact) mass is 230 g/mol. The summed E-state index contributed by atoms with van der Waals surface area (Å²) in [7, 11) is 0. The zero-order chi connectivity index (χ0) is 12.0. The standard InChI is InChI=1S/C12H23NO3/c1-11(2)5-9(15-7-10-8-16-10)6-12(3,4)13(11)14/h9-10,14H,5-8H2,1-4H3/p+1. The molecule has 0 saturated carbocycles. The molecule has 4 heteroatoms. The van der Waals surface area contributed by atoms with Crippen molar-refractivity contribution in [3.8, 4) is 0 Å². The molecule has 0 radical (unpaired) electrons. The van der Waals surface area contributed by atoms with Crippen LogP contribution < -0.4 is 0 Å². The van der Waals surface area contributed by atoms with Crippen LogP contribution in [0.5, 0.6) is 0 Å². The molecule has 0 aromatic rings. The SMILES string of the molecule is CC1(C)CC(OCC2CO2)CC(C)(C)N1[OH2+]. The lowest BCUT2D eigenvalue weighted by Gasteiger charge is -2.47. The number of piperidine rings is 1. The van der Waals surface area contributed by atoms with E-state index in [9.17, 15) is 0 Å². The number of epoxide rings is 1. The summed E-state index contributed by atoms with van der Waals surface area (Å²) in [4.78, 5) is 0. The lowest BCUT2D eigenvalue weighted by atomic mass is 9.80. The van der Waals surface area contributed by atoms with E-state index in [1.54, 1.807) is 5.06 Å². The molecule has 2 aliphatic heterocycles. The van der Waals surface area contributed by atoms with Gasteiger partial charge in [0.15, 0.2) is 0 Å². The minimum atomic E-state index is -0.114. The Labute approximate surface area is 97.5 Å². The number of nitrogens with zero attached hydrogens (tertiary/aromatic N) is 1. The van der Waals surface area contributed by atoms with Crippen molar-refractivity contribution >= 4 is 0 Å². The predicted octanol–water partition coefficient (Wildman–Crippen LogP) is 1.06. The van der Waals surface area contributed by atoms with Gasteiger partial charge in [0, 0.05) is 0 Å². The van der Waals surface area contributed by atoms with Gasteiger partial charge in [0.25, 0.3) is 0 Å². The smallest absolute Gasteiger partial charge is 0.104 e. The van der Waals surface area contributed by atoms with Gasteiger partial charge in [-0.15, -0.1) is 0 Å². The van der Waals surface area contributed by atoms with Crippen molar-refractivity contribution in [3.05, 3.63) is 0 Å². The van der Waals surface area contributed by atoms with Crippen LogP contribution in [-0.4, -0.2) is 46.8 Å². The predicted molar refractivity (Wildman–Crippen MR) is 62.3 cm³/mol. The average molecular weight is 230 g/mol. The molecule has 0 aromatic heterocycles. The molecule has 0 aromatic carbocycles. The van der Waals surface area contributed by atoms with E-state index < -0.39 is 0 Å². The van der Waals surface area contributed by atoms with Gasteiger partial charge >= 0.3 is 0 Å². The Balaban J connectivity index is 1.94. The van der Waals surface area contributed by atoms with Gasteiger partial charge in [-0.25, -0.2) is 0 Å². The minimum Gasteiger partial charge on any atom is -0.375 e. The third-order valence-corrected chi connectivity index (χ3v) is 3.59. The Kier molecular flexibility index (Phi) is 3.03. The summed E-state index contributed by atoms with van der Waals surface area (Å²) in [5.74, 6) is 0. The van der Waals surface area contributed by atoms with E-state index in [1.165, 1.54) is 0 Å². The molecule has 2 heterocycles. The van der Waals surface area contributed by atoms with Crippen LogP contribution in [0.1, 0.15) is 40.5 Å². The summed E-state index contributed by atoms with van der Waals surface area (Å²) < 4.78 is 11.0. The summed E-state index contributed by atoms with van der Waals surface area (Å²) in [6.07, 6.45) is 2.44.